The van der Waals surface area contributed by atoms with Crippen LogP contribution in [0.1, 0.15) is 11.3 Å². The van der Waals surface area contributed by atoms with Crippen molar-refractivity contribution in [3.8, 4) is 0 Å². The van der Waals surface area contributed by atoms with E-state index in [2.05, 4.69) is 4.98 Å². The van der Waals surface area contributed by atoms with Gasteiger partial charge in [0, 0.05) is 12.3 Å². The Morgan fingerprint density at radius 3 is 2.95 bits per heavy atom. The van der Waals surface area contributed by atoms with E-state index in [1.165, 1.54) is 15.4 Å². The van der Waals surface area contributed by atoms with E-state index in [0.717, 1.165) is 5.56 Å². The molecule has 3 heterocycles. The van der Waals surface area contributed by atoms with Crippen molar-refractivity contribution in [3.63, 3.8) is 0 Å². The molecular formula is C13H13N3O3. The Morgan fingerprint density at radius 2 is 2.21 bits per heavy atom. The predicted octanol–water partition coefficient (Wildman–Crippen LogP) is 0.955. The smallest absolute Gasteiger partial charge is 0.410 e. The molecule has 2 aromatic rings. The van der Waals surface area contributed by atoms with Crippen molar-refractivity contribution in [2.45, 2.75) is 13.5 Å². The number of cyclic esters (lactones) is 1. The van der Waals surface area contributed by atoms with Gasteiger partial charge in [0.25, 0.3) is 5.56 Å². The molecular weight excluding hydrogens is 246 g/mol. The maximum absolute atomic E-state index is 12.0. The van der Waals surface area contributed by atoms with E-state index >= 15 is 0 Å². The van der Waals surface area contributed by atoms with Crippen LogP contribution in [0.3, 0.4) is 0 Å². The molecule has 98 valence electrons. The second-order valence-corrected chi connectivity index (χ2v) is 4.56. The first-order valence-electron chi connectivity index (χ1n) is 6.04. The maximum Gasteiger partial charge on any atom is 0.410 e. The minimum absolute atomic E-state index is 0.142. The number of fused-ring (bicyclic) bond motifs is 1. The molecule has 0 bridgehead atoms. The van der Waals surface area contributed by atoms with Gasteiger partial charge in [0.05, 0.1) is 18.8 Å². The van der Waals surface area contributed by atoms with E-state index in [9.17, 15) is 9.59 Å². The minimum Gasteiger partial charge on any atom is -0.448 e. The van der Waals surface area contributed by atoms with Gasteiger partial charge in [-0.15, -0.1) is 0 Å². The summed E-state index contributed by atoms with van der Waals surface area (Å²) in [6.45, 7) is 3.15. The summed E-state index contributed by atoms with van der Waals surface area (Å²) in [4.78, 5) is 29.3. The van der Waals surface area contributed by atoms with Gasteiger partial charge in [-0.3, -0.25) is 14.1 Å². The Labute approximate surface area is 109 Å². The summed E-state index contributed by atoms with van der Waals surface area (Å²) < 4.78 is 6.35. The molecule has 0 N–H and O–H groups in total. The zero-order valence-corrected chi connectivity index (χ0v) is 10.5. The lowest BCUT2D eigenvalue weighted by Crippen LogP contribution is -2.26. The van der Waals surface area contributed by atoms with E-state index in [-0.39, 0.29) is 11.7 Å². The van der Waals surface area contributed by atoms with Crippen molar-refractivity contribution in [3.05, 3.63) is 46.0 Å². The van der Waals surface area contributed by atoms with Crippen LogP contribution in [-0.2, 0) is 11.3 Å². The molecule has 0 aliphatic carbocycles. The largest absolute Gasteiger partial charge is 0.448 e. The molecule has 2 aromatic heterocycles. The summed E-state index contributed by atoms with van der Waals surface area (Å²) in [5, 5.41) is 0. The Bertz CT molecular complexity index is 708. The van der Waals surface area contributed by atoms with Crippen molar-refractivity contribution in [2.75, 3.05) is 13.2 Å². The average Bonchev–Trinajstić information content (AvgIpc) is 2.76. The Hall–Kier alpha value is -2.37. The third-order valence-electron chi connectivity index (χ3n) is 3.06. The highest BCUT2D eigenvalue weighted by molar-refractivity contribution is 5.69. The number of carbonyl (C=O) groups is 1. The van der Waals surface area contributed by atoms with Crippen LogP contribution in [0.15, 0.2) is 29.2 Å². The van der Waals surface area contributed by atoms with Crippen molar-refractivity contribution in [1.29, 1.82) is 0 Å². The number of amides is 1. The number of nitrogens with zero attached hydrogens (tertiary/aromatic N) is 3. The summed E-state index contributed by atoms with van der Waals surface area (Å²) in [6, 6.07) is 5.15. The van der Waals surface area contributed by atoms with Crippen LogP contribution < -0.4 is 5.56 Å². The first-order valence-corrected chi connectivity index (χ1v) is 6.04. The highest BCUT2D eigenvalue weighted by Gasteiger charge is 2.22. The number of aryl methyl sites for hydroxylation is 1. The number of ether oxygens (including phenoxy) is 1. The van der Waals surface area contributed by atoms with Crippen LogP contribution in [0.2, 0.25) is 0 Å². The molecule has 6 nitrogen and oxygen atoms in total. The number of pyridine rings is 1. The molecule has 1 aliphatic rings. The third kappa shape index (κ3) is 2.16. The molecule has 0 saturated carbocycles. The normalized spacial score (nSPS) is 15.0. The molecule has 1 saturated heterocycles. The second kappa shape index (κ2) is 4.38. The monoisotopic (exact) mass is 259 g/mol. The Balaban J connectivity index is 1.99. The maximum atomic E-state index is 12.0. The molecule has 1 fully saturated rings. The number of hydrogen-bond acceptors (Lipinski definition) is 4. The van der Waals surface area contributed by atoms with E-state index in [4.69, 9.17) is 4.74 Å². The van der Waals surface area contributed by atoms with Crippen LogP contribution in [-0.4, -0.2) is 33.5 Å². The van der Waals surface area contributed by atoms with Crippen LogP contribution in [0.25, 0.3) is 5.65 Å². The molecule has 0 unspecified atom stereocenters. The summed E-state index contributed by atoms with van der Waals surface area (Å²) in [6.07, 6.45) is 1.39. The zero-order chi connectivity index (χ0) is 13.4. The second-order valence-electron chi connectivity index (χ2n) is 4.56. The van der Waals surface area contributed by atoms with Gasteiger partial charge in [0.2, 0.25) is 0 Å². The lowest BCUT2D eigenvalue weighted by molar-refractivity contribution is 0.157. The van der Waals surface area contributed by atoms with E-state index in [1.807, 2.05) is 13.0 Å². The van der Waals surface area contributed by atoms with Gasteiger partial charge in [-0.2, -0.15) is 0 Å². The standard InChI is InChI=1S/C13H13N3O3/c1-9-2-3-11-14-10(6-12(17)16(11)7-9)8-15-4-5-19-13(15)18/h2-3,6-7H,4-5,8H2,1H3. The van der Waals surface area contributed by atoms with E-state index in [0.29, 0.717) is 31.0 Å². The van der Waals surface area contributed by atoms with E-state index in [1.54, 1.807) is 12.3 Å². The van der Waals surface area contributed by atoms with Crippen molar-refractivity contribution < 1.29 is 9.53 Å². The number of carbonyl (C=O) groups excluding carboxylic acids is 1. The number of hydrogen-bond donors (Lipinski definition) is 0. The summed E-state index contributed by atoms with van der Waals surface area (Å²) in [5.74, 6) is 0. The van der Waals surface area contributed by atoms with Gasteiger partial charge in [0.15, 0.2) is 0 Å². The first kappa shape index (κ1) is 11.7. The fourth-order valence-corrected chi connectivity index (χ4v) is 2.10. The van der Waals surface area contributed by atoms with Gasteiger partial charge >= 0.3 is 6.09 Å². The summed E-state index contributed by atoms with van der Waals surface area (Å²) in [7, 11) is 0. The average molecular weight is 259 g/mol. The summed E-state index contributed by atoms with van der Waals surface area (Å²) in [5.41, 5.74) is 2.01. The van der Waals surface area contributed by atoms with Crippen LogP contribution in [0, 0.1) is 6.92 Å². The molecule has 19 heavy (non-hydrogen) atoms. The molecule has 0 aromatic carbocycles. The van der Waals surface area contributed by atoms with Gasteiger partial charge in [0.1, 0.15) is 12.3 Å². The van der Waals surface area contributed by atoms with Gasteiger partial charge in [-0.05, 0) is 18.6 Å². The third-order valence-corrected chi connectivity index (χ3v) is 3.06. The lowest BCUT2D eigenvalue weighted by atomic mass is 10.3. The Morgan fingerprint density at radius 1 is 1.37 bits per heavy atom. The molecule has 1 amide bonds. The van der Waals surface area contributed by atoms with Crippen LogP contribution >= 0.6 is 0 Å². The van der Waals surface area contributed by atoms with Crippen LogP contribution in [0.5, 0.6) is 0 Å². The first-order chi connectivity index (χ1) is 9.13. The van der Waals surface area contributed by atoms with Crippen molar-refractivity contribution in [2.24, 2.45) is 0 Å². The lowest BCUT2D eigenvalue weighted by Gasteiger charge is -2.12. The highest BCUT2D eigenvalue weighted by Crippen LogP contribution is 2.09. The Kier molecular flexibility index (Phi) is 2.70. The molecule has 1 aliphatic heterocycles. The molecule has 6 heteroatoms. The fraction of sp³-hybridized carbons (Fsp3) is 0.308. The van der Waals surface area contributed by atoms with Crippen LogP contribution in [0.4, 0.5) is 4.79 Å². The quantitative estimate of drug-likeness (QED) is 0.805. The minimum atomic E-state index is -0.356. The number of rotatable bonds is 2. The van der Waals surface area contributed by atoms with E-state index < -0.39 is 0 Å². The molecule has 0 radical (unpaired) electrons. The van der Waals surface area contributed by atoms with Gasteiger partial charge in [-0.25, -0.2) is 9.78 Å². The van der Waals surface area contributed by atoms with Crippen molar-refractivity contribution in [1.82, 2.24) is 14.3 Å². The topological polar surface area (TPSA) is 63.9 Å². The fourth-order valence-electron chi connectivity index (χ4n) is 2.10. The SMILES string of the molecule is Cc1ccc2nc(CN3CCOC3=O)cc(=O)n2c1. The van der Waals surface area contributed by atoms with Crippen molar-refractivity contribution >= 4 is 11.7 Å². The zero-order valence-electron chi connectivity index (χ0n) is 10.5. The predicted molar refractivity (Wildman–Crippen MR) is 68.0 cm³/mol. The highest BCUT2D eigenvalue weighted by atomic mass is 16.6. The number of aromatic nitrogens is 2. The molecule has 3 rings (SSSR count). The molecule has 0 atom stereocenters. The summed E-state index contributed by atoms with van der Waals surface area (Å²) >= 11 is 0. The molecule has 0 spiro atoms. The van der Waals surface area contributed by atoms with Gasteiger partial charge < -0.3 is 4.74 Å². The van der Waals surface area contributed by atoms with Gasteiger partial charge in [-0.1, -0.05) is 6.07 Å².